The van der Waals surface area contributed by atoms with Crippen molar-refractivity contribution >= 4 is 16.6 Å². The molecule has 0 saturated carbocycles. The number of methoxy groups -OCH3 is 1. The molecule has 2 heterocycles. The lowest BCUT2D eigenvalue weighted by atomic mass is 10.0. The van der Waals surface area contributed by atoms with Gasteiger partial charge in [0.25, 0.3) is 0 Å². The number of hydrogen-bond acceptors (Lipinski definition) is 5. The van der Waals surface area contributed by atoms with Crippen molar-refractivity contribution < 1.29 is 9.47 Å². The molecule has 1 fully saturated rings. The summed E-state index contributed by atoms with van der Waals surface area (Å²) in [4.78, 5) is 7.54. The molecule has 1 aliphatic heterocycles. The van der Waals surface area contributed by atoms with Gasteiger partial charge in [-0.15, -0.1) is 0 Å². The van der Waals surface area contributed by atoms with Crippen LogP contribution in [0.5, 0.6) is 11.5 Å². The third kappa shape index (κ3) is 4.66. The Hall–Kier alpha value is -2.01. The van der Waals surface area contributed by atoms with E-state index >= 15 is 0 Å². The lowest BCUT2D eigenvalue weighted by molar-refractivity contribution is 0.254. The summed E-state index contributed by atoms with van der Waals surface area (Å²) in [7, 11) is 1.73. The van der Waals surface area contributed by atoms with Crippen molar-refractivity contribution in [2.24, 2.45) is 0 Å². The Bertz CT molecular complexity index is 861. The second-order valence-electron chi connectivity index (χ2n) is 8.87. The number of ether oxygens (including phenoxy) is 2. The first-order valence-corrected chi connectivity index (χ1v) is 11.8. The van der Waals surface area contributed by atoms with Gasteiger partial charge < -0.3 is 19.7 Å². The van der Waals surface area contributed by atoms with E-state index in [1.54, 1.807) is 7.11 Å². The molecule has 5 nitrogen and oxygen atoms in total. The molecule has 0 spiro atoms. The normalized spacial score (nSPS) is 17.3. The smallest absolute Gasteiger partial charge is 0.163 e. The number of rotatable bonds is 10. The summed E-state index contributed by atoms with van der Waals surface area (Å²) >= 11 is 0. The number of benzene rings is 1. The predicted octanol–water partition coefficient (Wildman–Crippen LogP) is 5.20. The van der Waals surface area contributed by atoms with Gasteiger partial charge in [0.1, 0.15) is 0 Å². The molecule has 1 aliphatic carbocycles. The van der Waals surface area contributed by atoms with E-state index in [0.29, 0.717) is 12.6 Å². The fourth-order valence-corrected chi connectivity index (χ4v) is 4.94. The molecule has 1 aromatic heterocycles. The average Bonchev–Trinajstić information content (AvgIpc) is 3.42. The molecule has 4 rings (SSSR count). The highest BCUT2D eigenvalue weighted by Crippen LogP contribution is 2.40. The molecule has 1 unspecified atom stereocenters. The largest absolute Gasteiger partial charge is 0.493 e. The van der Waals surface area contributed by atoms with Gasteiger partial charge >= 0.3 is 0 Å². The van der Waals surface area contributed by atoms with E-state index in [-0.39, 0.29) is 0 Å². The summed E-state index contributed by atoms with van der Waals surface area (Å²) in [6, 6.07) is 4.65. The van der Waals surface area contributed by atoms with Crippen LogP contribution >= 0.6 is 0 Å². The topological polar surface area (TPSA) is 46.6 Å². The van der Waals surface area contributed by atoms with Crippen molar-refractivity contribution in [3.63, 3.8) is 0 Å². The first kappa shape index (κ1) is 21.2. The first-order valence-electron chi connectivity index (χ1n) is 11.8. The number of aromatic nitrogens is 1. The number of hydrogen-bond donors (Lipinski definition) is 1. The Morgan fingerprint density at radius 1 is 1.13 bits per heavy atom. The fraction of sp³-hybridized carbons (Fsp3) is 0.640. The van der Waals surface area contributed by atoms with E-state index in [0.717, 1.165) is 54.6 Å². The molecular weight excluding hydrogens is 374 g/mol. The maximum Gasteiger partial charge on any atom is 0.163 e. The minimum Gasteiger partial charge on any atom is -0.493 e. The fourth-order valence-electron chi connectivity index (χ4n) is 4.94. The van der Waals surface area contributed by atoms with E-state index in [1.807, 2.05) is 0 Å². The molecule has 1 saturated heterocycles. The Morgan fingerprint density at radius 2 is 1.97 bits per heavy atom. The predicted molar refractivity (Wildman–Crippen MR) is 124 cm³/mol. The minimum absolute atomic E-state index is 0.442. The van der Waals surface area contributed by atoms with Crippen LogP contribution in [0.25, 0.3) is 10.9 Å². The molecule has 2 aliphatic rings. The van der Waals surface area contributed by atoms with Crippen molar-refractivity contribution in [3.05, 3.63) is 23.4 Å². The van der Waals surface area contributed by atoms with Crippen LogP contribution in [0.4, 0.5) is 5.69 Å². The maximum atomic E-state index is 6.16. The molecule has 1 atom stereocenters. The lowest BCUT2D eigenvalue weighted by Crippen LogP contribution is -2.22. The van der Waals surface area contributed by atoms with Crippen LogP contribution < -0.4 is 14.8 Å². The van der Waals surface area contributed by atoms with Crippen LogP contribution in [-0.4, -0.2) is 49.3 Å². The molecule has 30 heavy (non-hydrogen) atoms. The quantitative estimate of drug-likeness (QED) is 0.545. The summed E-state index contributed by atoms with van der Waals surface area (Å²) in [6.45, 7) is 8.81. The van der Waals surface area contributed by atoms with Crippen LogP contribution in [0.2, 0.25) is 0 Å². The highest BCUT2D eigenvalue weighted by Gasteiger charge is 2.22. The number of likely N-dealkylation sites (tertiary alicyclic amines) is 1. The van der Waals surface area contributed by atoms with Crippen molar-refractivity contribution in [2.75, 3.05) is 38.7 Å². The van der Waals surface area contributed by atoms with Gasteiger partial charge in [-0.05, 0) is 76.6 Å². The molecule has 2 aromatic rings. The summed E-state index contributed by atoms with van der Waals surface area (Å²) in [5.41, 5.74) is 4.91. The number of fused-ring (bicyclic) bond motifs is 2. The highest BCUT2D eigenvalue weighted by atomic mass is 16.5. The minimum atomic E-state index is 0.442. The standard InChI is InChI=1S/C25H37N3O2/c1-4-9-18(2)26-25-19-10-7-11-21(19)27-22-17-24(23(29-3)16-20(22)25)30-15-8-14-28-12-5-6-13-28/h16-18H,4-15H2,1-3H3,(H,26,27). The molecule has 1 aromatic carbocycles. The average molecular weight is 412 g/mol. The molecule has 1 N–H and O–H groups in total. The van der Waals surface area contributed by atoms with Gasteiger partial charge in [-0.1, -0.05) is 13.3 Å². The van der Waals surface area contributed by atoms with Crippen LogP contribution in [-0.2, 0) is 12.8 Å². The third-order valence-corrected chi connectivity index (χ3v) is 6.48. The number of pyridine rings is 1. The number of anilines is 1. The van der Waals surface area contributed by atoms with Gasteiger partial charge in [-0.2, -0.15) is 0 Å². The van der Waals surface area contributed by atoms with Gasteiger partial charge in [0.05, 0.1) is 19.2 Å². The second-order valence-corrected chi connectivity index (χ2v) is 8.87. The van der Waals surface area contributed by atoms with Crippen LogP contribution in [0, 0.1) is 0 Å². The molecule has 164 valence electrons. The number of nitrogens with zero attached hydrogens (tertiary/aromatic N) is 2. The molecular formula is C25H37N3O2. The summed E-state index contributed by atoms with van der Waals surface area (Å²) in [5, 5.41) is 4.95. The second kappa shape index (κ2) is 9.86. The highest BCUT2D eigenvalue weighted by molar-refractivity contribution is 5.96. The monoisotopic (exact) mass is 411 g/mol. The molecule has 0 amide bonds. The van der Waals surface area contributed by atoms with Gasteiger partial charge in [0, 0.05) is 35.4 Å². The number of aryl methyl sites for hydroxylation is 1. The molecule has 0 bridgehead atoms. The third-order valence-electron chi connectivity index (χ3n) is 6.48. The maximum absolute atomic E-state index is 6.16. The van der Waals surface area contributed by atoms with E-state index in [9.17, 15) is 0 Å². The van der Waals surface area contributed by atoms with E-state index in [1.165, 1.54) is 55.7 Å². The van der Waals surface area contributed by atoms with Gasteiger partial charge in [-0.3, -0.25) is 4.98 Å². The van der Waals surface area contributed by atoms with E-state index in [4.69, 9.17) is 14.5 Å². The SMILES string of the molecule is CCCC(C)Nc1c2c(nc3cc(OCCCN4CCCC4)c(OC)cc13)CCC2. The zero-order valence-corrected chi connectivity index (χ0v) is 18.9. The van der Waals surface area contributed by atoms with Gasteiger partial charge in [0.2, 0.25) is 0 Å². The Morgan fingerprint density at radius 3 is 2.73 bits per heavy atom. The van der Waals surface area contributed by atoms with Gasteiger partial charge in [-0.25, -0.2) is 0 Å². The Balaban J connectivity index is 1.57. The van der Waals surface area contributed by atoms with Crippen molar-refractivity contribution in [1.82, 2.24) is 9.88 Å². The van der Waals surface area contributed by atoms with E-state index < -0.39 is 0 Å². The summed E-state index contributed by atoms with van der Waals surface area (Å²) in [5.74, 6) is 1.61. The van der Waals surface area contributed by atoms with Crippen molar-refractivity contribution in [1.29, 1.82) is 0 Å². The van der Waals surface area contributed by atoms with Crippen molar-refractivity contribution in [2.45, 2.75) is 71.3 Å². The van der Waals surface area contributed by atoms with Crippen LogP contribution in [0.1, 0.15) is 63.6 Å². The van der Waals surface area contributed by atoms with Gasteiger partial charge in [0.15, 0.2) is 11.5 Å². The van der Waals surface area contributed by atoms with Crippen LogP contribution in [0.15, 0.2) is 12.1 Å². The van der Waals surface area contributed by atoms with Crippen molar-refractivity contribution in [3.8, 4) is 11.5 Å². The molecule has 5 heteroatoms. The zero-order chi connectivity index (χ0) is 20.9. The Kier molecular flexibility index (Phi) is 6.98. The summed E-state index contributed by atoms with van der Waals surface area (Å²) in [6.07, 6.45) is 9.42. The zero-order valence-electron chi connectivity index (χ0n) is 18.9. The molecule has 0 radical (unpaired) electrons. The summed E-state index contributed by atoms with van der Waals surface area (Å²) < 4.78 is 11.9. The van der Waals surface area contributed by atoms with E-state index in [2.05, 4.69) is 36.2 Å². The Labute approximate surface area is 181 Å². The lowest BCUT2D eigenvalue weighted by Gasteiger charge is -2.21. The van der Waals surface area contributed by atoms with Crippen LogP contribution in [0.3, 0.4) is 0 Å². The number of nitrogens with one attached hydrogen (secondary N) is 1. The first-order chi connectivity index (χ1) is 14.7.